The van der Waals surface area contributed by atoms with Crippen LogP contribution in [0.5, 0.6) is 0 Å². The lowest BCUT2D eigenvalue weighted by Crippen LogP contribution is -2.36. The van der Waals surface area contributed by atoms with Crippen LogP contribution < -0.4 is 10.0 Å². The number of amides is 1. The van der Waals surface area contributed by atoms with Crippen molar-refractivity contribution >= 4 is 15.9 Å². The Labute approximate surface area is 135 Å². The fourth-order valence-electron chi connectivity index (χ4n) is 2.19. The maximum absolute atomic E-state index is 12.4. The Morgan fingerprint density at radius 2 is 2.13 bits per heavy atom. The lowest BCUT2D eigenvalue weighted by atomic mass is 10.1. The number of carbonyl (C=O) groups excluding carboxylic acids is 1. The van der Waals surface area contributed by atoms with Crippen LogP contribution in [0.25, 0.3) is 0 Å². The van der Waals surface area contributed by atoms with Crippen molar-refractivity contribution in [3.8, 4) is 0 Å². The Balaban J connectivity index is 2.17. The largest absolute Gasteiger partial charge is 0.348 e. The molecule has 1 aromatic carbocycles. The Kier molecular flexibility index (Phi) is 5.17. The number of sulfonamides is 1. The SMILES string of the molecule is CNS(=O)(=O)c1ccc(C)c(C(=O)NC(C)Cn2ccnc2)c1. The lowest BCUT2D eigenvalue weighted by Gasteiger charge is -2.16. The number of imidazole rings is 1. The van der Waals surface area contributed by atoms with Crippen LogP contribution in [0, 0.1) is 6.92 Å². The number of aromatic nitrogens is 2. The summed E-state index contributed by atoms with van der Waals surface area (Å²) in [6.07, 6.45) is 5.16. The zero-order valence-electron chi connectivity index (χ0n) is 13.3. The van der Waals surface area contributed by atoms with Crippen molar-refractivity contribution in [3.05, 3.63) is 48.0 Å². The molecule has 1 amide bonds. The van der Waals surface area contributed by atoms with Gasteiger partial charge in [-0.3, -0.25) is 4.79 Å². The van der Waals surface area contributed by atoms with Gasteiger partial charge in [-0.25, -0.2) is 18.1 Å². The minimum atomic E-state index is -3.58. The minimum Gasteiger partial charge on any atom is -0.348 e. The molecule has 1 atom stereocenters. The number of hydrogen-bond donors (Lipinski definition) is 2. The molecule has 0 aliphatic rings. The first-order valence-corrected chi connectivity index (χ1v) is 8.62. The van der Waals surface area contributed by atoms with E-state index in [-0.39, 0.29) is 16.8 Å². The smallest absolute Gasteiger partial charge is 0.251 e. The van der Waals surface area contributed by atoms with E-state index in [1.165, 1.54) is 19.2 Å². The first-order valence-electron chi connectivity index (χ1n) is 7.14. The molecule has 2 aromatic rings. The highest BCUT2D eigenvalue weighted by Gasteiger charge is 2.17. The van der Waals surface area contributed by atoms with Crippen LogP contribution in [0.15, 0.2) is 41.8 Å². The summed E-state index contributed by atoms with van der Waals surface area (Å²) in [6.45, 7) is 4.23. The fourth-order valence-corrected chi connectivity index (χ4v) is 2.94. The minimum absolute atomic E-state index is 0.0676. The zero-order chi connectivity index (χ0) is 17.0. The van der Waals surface area contributed by atoms with Crippen molar-refractivity contribution in [1.82, 2.24) is 19.6 Å². The Bertz CT molecular complexity index is 785. The van der Waals surface area contributed by atoms with Gasteiger partial charge < -0.3 is 9.88 Å². The topological polar surface area (TPSA) is 93.1 Å². The predicted octanol–water partition coefficient (Wildman–Crippen LogP) is 0.918. The third kappa shape index (κ3) is 4.17. The van der Waals surface area contributed by atoms with Crippen LogP contribution in [-0.4, -0.2) is 37.0 Å². The van der Waals surface area contributed by atoms with Gasteiger partial charge >= 0.3 is 0 Å². The summed E-state index contributed by atoms with van der Waals surface area (Å²) < 4.78 is 27.8. The van der Waals surface area contributed by atoms with Crippen LogP contribution in [-0.2, 0) is 16.6 Å². The molecule has 1 heterocycles. The van der Waals surface area contributed by atoms with Gasteiger partial charge in [0.05, 0.1) is 11.2 Å². The summed E-state index contributed by atoms with van der Waals surface area (Å²) in [5, 5.41) is 2.87. The van der Waals surface area contributed by atoms with E-state index < -0.39 is 10.0 Å². The standard InChI is InChI=1S/C15H20N4O3S/c1-11-4-5-13(23(21,22)16-3)8-14(11)15(20)18-12(2)9-19-7-6-17-10-19/h4-8,10,12,16H,9H2,1-3H3,(H,18,20). The average molecular weight is 336 g/mol. The first-order chi connectivity index (χ1) is 10.8. The second kappa shape index (κ2) is 6.93. The molecule has 124 valence electrons. The number of rotatable bonds is 6. The number of hydrogen-bond acceptors (Lipinski definition) is 4. The van der Waals surface area contributed by atoms with E-state index in [1.54, 1.807) is 25.5 Å². The van der Waals surface area contributed by atoms with Crippen molar-refractivity contribution in [2.75, 3.05) is 7.05 Å². The van der Waals surface area contributed by atoms with Gasteiger partial charge in [0.1, 0.15) is 0 Å². The van der Waals surface area contributed by atoms with Crippen molar-refractivity contribution < 1.29 is 13.2 Å². The highest BCUT2D eigenvalue weighted by molar-refractivity contribution is 7.89. The van der Waals surface area contributed by atoms with Crippen LogP contribution in [0.3, 0.4) is 0 Å². The molecule has 0 fully saturated rings. The van der Waals surface area contributed by atoms with E-state index in [2.05, 4.69) is 15.0 Å². The van der Waals surface area contributed by atoms with E-state index in [4.69, 9.17) is 0 Å². The molecule has 2 rings (SSSR count). The molecule has 0 aliphatic heterocycles. The average Bonchev–Trinajstić information content (AvgIpc) is 3.00. The Morgan fingerprint density at radius 1 is 1.39 bits per heavy atom. The van der Waals surface area contributed by atoms with Crippen LogP contribution >= 0.6 is 0 Å². The summed E-state index contributed by atoms with van der Waals surface area (Å²) in [5.74, 6) is -0.303. The number of nitrogens with zero attached hydrogens (tertiary/aromatic N) is 2. The summed E-state index contributed by atoms with van der Waals surface area (Å²) in [5.41, 5.74) is 1.06. The van der Waals surface area contributed by atoms with E-state index in [1.807, 2.05) is 17.7 Å². The summed E-state index contributed by atoms with van der Waals surface area (Å²) >= 11 is 0. The molecular formula is C15H20N4O3S. The van der Waals surface area contributed by atoms with Gasteiger partial charge in [-0.2, -0.15) is 0 Å². The van der Waals surface area contributed by atoms with Gasteiger partial charge in [0.25, 0.3) is 5.91 Å². The van der Waals surface area contributed by atoms with Gasteiger partial charge in [-0.1, -0.05) is 6.07 Å². The second-order valence-electron chi connectivity index (χ2n) is 5.32. The van der Waals surface area contributed by atoms with Gasteiger partial charge in [-0.15, -0.1) is 0 Å². The molecule has 1 aromatic heterocycles. The maximum atomic E-state index is 12.4. The van der Waals surface area contributed by atoms with Gasteiger partial charge in [0.15, 0.2) is 0 Å². The summed E-state index contributed by atoms with van der Waals surface area (Å²) in [4.78, 5) is 16.4. The molecule has 0 aliphatic carbocycles. The molecule has 8 heteroatoms. The highest BCUT2D eigenvalue weighted by atomic mass is 32.2. The second-order valence-corrected chi connectivity index (χ2v) is 7.20. The molecule has 0 radical (unpaired) electrons. The van der Waals surface area contributed by atoms with E-state index in [9.17, 15) is 13.2 Å². The molecule has 2 N–H and O–H groups in total. The quantitative estimate of drug-likeness (QED) is 0.820. The third-order valence-electron chi connectivity index (χ3n) is 3.45. The molecular weight excluding hydrogens is 316 g/mol. The molecule has 7 nitrogen and oxygen atoms in total. The van der Waals surface area contributed by atoms with Crippen molar-refractivity contribution in [2.45, 2.75) is 31.3 Å². The molecule has 0 spiro atoms. The van der Waals surface area contributed by atoms with Crippen molar-refractivity contribution in [1.29, 1.82) is 0 Å². The van der Waals surface area contributed by atoms with E-state index >= 15 is 0 Å². The Morgan fingerprint density at radius 3 is 2.74 bits per heavy atom. The lowest BCUT2D eigenvalue weighted by molar-refractivity contribution is 0.0936. The highest BCUT2D eigenvalue weighted by Crippen LogP contribution is 2.15. The monoisotopic (exact) mass is 336 g/mol. The molecule has 23 heavy (non-hydrogen) atoms. The number of benzene rings is 1. The van der Waals surface area contributed by atoms with Gasteiger partial charge in [0, 0.05) is 30.5 Å². The number of carbonyl (C=O) groups is 1. The fraction of sp³-hybridized carbons (Fsp3) is 0.333. The van der Waals surface area contributed by atoms with Gasteiger partial charge in [-0.05, 0) is 38.6 Å². The number of nitrogens with one attached hydrogen (secondary N) is 2. The van der Waals surface area contributed by atoms with E-state index in [0.717, 1.165) is 0 Å². The van der Waals surface area contributed by atoms with Gasteiger partial charge in [0.2, 0.25) is 10.0 Å². The Hall–Kier alpha value is -2.19. The predicted molar refractivity (Wildman–Crippen MR) is 86.6 cm³/mol. The first kappa shape index (κ1) is 17.2. The summed E-state index contributed by atoms with van der Waals surface area (Å²) in [7, 11) is -2.25. The van der Waals surface area contributed by atoms with Crippen LogP contribution in [0.4, 0.5) is 0 Å². The molecule has 0 bridgehead atoms. The van der Waals surface area contributed by atoms with Crippen molar-refractivity contribution in [2.24, 2.45) is 0 Å². The van der Waals surface area contributed by atoms with Crippen molar-refractivity contribution in [3.63, 3.8) is 0 Å². The molecule has 0 saturated carbocycles. The zero-order valence-corrected chi connectivity index (χ0v) is 14.1. The summed E-state index contributed by atoms with van der Waals surface area (Å²) in [6, 6.07) is 4.37. The molecule has 1 unspecified atom stereocenters. The molecule has 0 saturated heterocycles. The maximum Gasteiger partial charge on any atom is 0.251 e. The number of aryl methyl sites for hydroxylation is 1. The van der Waals surface area contributed by atoms with Crippen LogP contribution in [0.1, 0.15) is 22.8 Å². The van der Waals surface area contributed by atoms with E-state index in [0.29, 0.717) is 17.7 Å². The third-order valence-corrected chi connectivity index (χ3v) is 4.87. The normalized spacial score (nSPS) is 12.8. The van der Waals surface area contributed by atoms with Crippen LogP contribution in [0.2, 0.25) is 0 Å².